The van der Waals surface area contributed by atoms with Crippen molar-refractivity contribution in [2.75, 3.05) is 0 Å². The van der Waals surface area contributed by atoms with Crippen LogP contribution in [0.5, 0.6) is 0 Å². The molecule has 0 atom stereocenters. The van der Waals surface area contributed by atoms with Crippen LogP contribution in [-0.2, 0) is 0 Å². The summed E-state index contributed by atoms with van der Waals surface area (Å²) in [6.07, 6.45) is 2.05. The zero-order valence-corrected chi connectivity index (χ0v) is 12.0. The maximum absolute atomic E-state index is 3.59. The second kappa shape index (κ2) is 4.31. The van der Waals surface area contributed by atoms with E-state index in [2.05, 4.69) is 79.4 Å². The molecule has 2 aromatic carbocycles. The number of hydrogen-bond donors (Lipinski definition) is 1. The van der Waals surface area contributed by atoms with Gasteiger partial charge in [-0.2, -0.15) is 0 Å². The predicted octanol–water partition coefficient (Wildman–Crippen LogP) is 5.36. The summed E-state index contributed by atoms with van der Waals surface area (Å²) >= 11 is 7.08. The SMILES string of the molecule is Brc1ccc2c(-c3ccccc3Br)c[nH]c2c1. The summed E-state index contributed by atoms with van der Waals surface area (Å²) < 4.78 is 2.20. The van der Waals surface area contributed by atoms with Crippen molar-refractivity contribution in [1.82, 2.24) is 4.98 Å². The first-order valence-electron chi connectivity index (χ1n) is 5.27. The minimum Gasteiger partial charge on any atom is -0.361 e. The van der Waals surface area contributed by atoms with E-state index < -0.39 is 0 Å². The Labute approximate surface area is 116 Å². The second-order valence-corrected chi connectivity index (χ2v) is 5.64. The van der Waals surface area contributed by atoms with Gasteiger partial charge < -0.3 is 4.98 Å². The summed E-state index contributed by atoms with van der Waals surface area (Å²) in [5.74, 6) is 0. The zero-order valence-electron chi connectivity index (χ0n) is 8.87. The Kier molecular flexibility index (Phi) is 2.81. The van der Waals surface area contributed by atoms with E-state index in [1.165, 1.54) is 16.5 Å². The lowest BCUT2D eigenvalue weighted by Gasteiger charge is -2.02. The molecule has 1 heterocycles. The van der Waals surface area contributed by atoms with Crippen molar-refractivity contribution < 1.29 is 0 Å². The van der Waals surface area contributed by atoms with Crippen molar-refractivity contribution in [3.63, 3.8) is 0 Å². The standard InChI is InChI=1S/C14H9Br2N/c15-9-5-6-11-12(8-17-14(11)7-9)10-3-1-2-4-13(10)16/h1-8,17H. The fourth-order valence-corrected chi connectivity index (χ4v) is 2.86. The van der Waals surface area contributed by atoms with Gasteiger partial charge in [-0.05, 0) is 23.8 Å². The van der Waals surface area contributed by atoms with Gasteiger partial charge in [0.25, 0.3) is 0 Å². The van der Waals surface area contributed by atoms with Crippen LogP contribution in [0.25, 0.3) is 22.0 Å². The largest absolute Gasteiger partial charge is 0.361 e. The minimum absolute atomic E-state index is 1.09. The lowest BCUT2D eigenvalue weighted by molar-refractivity contribution is 1.47. The van der Waals surface area contributed by atoms with E-state index in [9.17, 15) is 0 Å². The van der Waals surface area contributed by atoms with Gasteiger partial charge in [0.1, 0.15) is 0 Å². The van der Waals surface area contributed by atoms with Gasteiger partial charge in [0.15, 0.2) is 0 Å². The van der Waals surface area contributed by atoms with Crippen molar-refractivity contribution in [2.24, 2.45) is 0 Å². The number of benzene rings is 2. The third-order valence-electron chi connectivity index (χ3n) is 2.81. The van der Waals surface area contributed by atoms with Gasteiger partial charge in [-0.25, -0.2) is 0 Å². The topological polar surface area (TPSA) is 15.8 Å². The van der Waals surface area contributed by atoms with Crippen LogP contribution in [0, 0.1) is 0 Å². The molecule has 3 aromatic rings. The molecular weight excluding hydrogens is 342 g/mol. The normalized spacial score (nSPS) is 10.9. The maximum Gasteiger partial charge on any atom is 0.0471 e. The lowest BCUT2D eigenvalue weighted by Crippen LogP contribution is -1.77. The van der Waals surface area contributed by atoms with E-state index in [0.29, 0.717) is 0 Å². The molecule has 0 fully saturated rings. The molecule has 0 unspecified atom stereocenters. The van der Waals surface area contributed by atoms with Crippen LogP contribution < -0.4 is 0 Å². The van der Waals surface area contributed by atoms with E-state index >= 15 is 0 Å². The molecule has 0 aliphatic heterocycles. The molecule has 0 aliphatic carbocycles. The Balaban J connectivity index is 2.29. The Morgan fingerprint density at radius 2 is 1.71 bits per heavy atom. The van der Waals surface area contributed by atoms with E-state index in [1.807, 2.05) is 6.07 Å². The smallest absolute Gasteiger partial charge is 0.0471 e. The molecule has 3 rings (SSSR count). The van der Waals surface area contributed by atoms with Gasteiger partial charge in [0, 0.05) is 31.6 Å². The Hall–Kier alpha value is -1.06. The van der Waals surface area contributed by atoms with E-state index in [1.54, 1.807) is 0 Å². The third kappa shape index (κ3) is 1.94. The monoisotopic (exact) mass is 349 g/mol. The Morgan fingerprint density at radius 1 is 0.882 bits per heavy atom. The van der Waals surface area contributed by atoms with Crippen LogP contribution >= 0.6 is 31.9 Å². The second-order valence-electron chi connectivity index (χ2n) is 3.87. The van der Waals surface area contributed by atoms with E-state index in [0.717, 1.165) is 14.5 Å². The van der Waals surface area contributed by atoms with Crippen LogP contribution in [0.2, 0.25) is 0 Å². The number of aromatic amines is 1. The molecule has 17 heavy (non-hydrogen) atoms. The minimum atomic E-state index is 1.09. The Bertz CT molecular complexity index is 686. The van der Waals surface area contributed by atoms with Crippen LogP contribution in [0.15, 0.2) is 57.6 Å². The van der Waals surface area contributed by atoms with Gasteiger partial charge in [-0.3, -0.25) is 0 Å². The number of halogens is 2. The first kappa shape index (κ1) is 11.1. The van der Waals surface area contributed by atoms with Crippen LogP contribution in [0.1, 0.15) is 0 Å². The van der Waals surface area contributed by atoms with Gasteiger partial charge >= 0.3 is 0 Å². The number of aromatic nitrogens is 1. The molecule has 0 radical (unpaired) electrons. The van der Waals surface area contributed by atoms with E-state index in [-0.39, 0.29) is 0 Å². The zero-order chi connectivity index (χ0) is 11.8. The summed E-state index contributed by atoms with van der Waals surface area (Å²) in [7, 11) is 0. The average Bonchev–Trinajstić information content (AvgIpc) is 2.72. The number of rotatable bonds is 1. The Morgan fingerprint density at radius 3 is 2.53 bits per heavy atom. The summed E-state index contributed by atoms with van der Waals surface area (Å²) in [6, 6.07) is 14.6. The quantitative estimate of drug-likeness (QED) is 0.608. The average molecular weight is 351 g/mol. The summed E-state index contributed by atoms with van der Waals surface area (Å²) in [5, 5.41) is 1.24. The highest BCUT2D eigenvalue weighted by Gasteiger charge is 2.08. The molecule has 1 N–H and O–H groups in total. The fraction of sp³-hybridized carbons (Fsp3) is 0. The lowest BCUT2D eigenvalue weighted by atomic mass is 10.1. The molecule has 0 saturated heterocycles. The molecule has 0 amide bonds. The molecule has 1 nitrogen and oxygen atoms in total. The molecule has 84 valence electrons. The first-order chi connectivity index (χ1) is 8.25. The molecular formula is C14H9Br2N. The molecule has 3 heteroatoms. The predicted molar refractivity (Wildman–Crippen MR) is 79.1 cm³/mol. The fourth-order valence-electron chi connectivity index (χ4n) is 2.00. The number of nitrogens with one attached hydrogen (secondary N) is 1. The molecule has 0 spiro atoms. The van der Waals surface area contributed by atoms with Gasteiger partial charge in [0.05, 0.1) is 0 Å². The maximum atomic E-state index is 3.59. The first-order valence-corrected chi connectivity index (χ1v) is 6.86. The van der Waals surface area contributed by atoms with E-state index in [4.69, 9.17) is 0 Å². The van der Waals surface area contributed by atoms with Crippen molar-refractivity contribution in [3.05, 3.63) is 57.6 Å². The highest BCUT2D eigenvalue weighted by molar-refractivity contribution is 9.10. The van der Waals surface area contributed by atoms with Crippen LogP contribution in [0.4, 0.5) is 0 Å². The van der Waals surface area contributed by atoms with Crippen molar-refractivity contribution >= 4 is 42.8 Å². The van der Waals surface area contributed by atoms with Crippen molar-refractivity contribution in [3.8, 4) is 11.1 Å². The van der Waals surface area contributed by atoms with Crippen molar-refractivity contribution in [1.29, 1.82) is 0 Å². The van der Waals surface area contributed by atoms with Gasteiger partial charge in [-0.15, -0.1) is 0 Å². The summed E-state index contributed by atoms with van der Waals surface area (Å²) in [6.45, 7) is 0. The molecule has 1 aromatic heterocycles. The highest BCUT2D eigenvalue weighted by Crippen LogP contribution is 2.34. The number of H-pyrrole nitrogens is 1. The summed E-state index contributed by atoms with van der Waals surface area (Å²) in [5.41, 5.74) is 3.58. The summed E-state index contributed by atoms with van der Waals surface area (Å²) in [4.78, 5) is 3.30. The van der Waals surface area contributed by atoms with Crippen LogP contribution in [-0.4, -0.2) is 4.98 Å². The van der Waals surface area contributed by atoms with Gasteiger partial charge in [-0.1, -0.05) is 56.1 Å². The number of hydrogen-bond acceptors (Lipinski definition) is 0. The molecule has 0 bridgehead atoms. The third-order valence-corrected chi connectivity index (χ3v) is 3.99. The number of fused-ring (bicyclic) bond motifs is 1. The molecule has 0 saturated carbocycles. The van der Waals surface area contributed by atoms with Gasteiger partial charge in [0.2, 0.25) is 0 Å². The van der Waals surface area contributed by atoms with Crippen molar-refractivity contribution in [2.45, 2.75) is 0 Å². The molecule has 0 aliphatic rings. The van der Waals surface area contributed by atoms with Crippen LogP contribution in [0.3, 0.4) is 0 Å². The highest BCUT2D eigenvalue weighted by atomic mass is 79.9.